The maximum absolute atomic E-state index is 11.1. The molecule has 0 saturated carbocycles. The van der Waals surface area contributed by atoms with E-state index in [1.807, 2.05) is 41.8 Å². The smallest absolute Gasteiger partial charge is 0.292 e. The highest BCUT2D eigenvalue weighted by atomic mass is 32.1. The molecule has 0 amide bonds. The van der Waals surface area contributed by atoms with Crippen LogP contribution in [-0.2, 0) is 0 Å². The quantitative estimate of drug-likeness (QED) is 0.612. The number of nitrogens with zero attached hydrogens (tertiary/aromatic N) is 1. The minimum atomic E-state index is -0.616. The molecule has 1 aromatic heterocycles. The summed E-state index contributed by atoms with van der Waals surface area (Å²) in [5.41, 5.74) is 0.827. The van der Waals surface area contributed by atoms with Crippen LogP contribution in [0.1, 0.15) is 16.5 Å². The van der Waals surface area contributed by atoms with Gasteiger partial charge in [0.05, 0.1) is 9.80 Å². The molecule has 18 heavy (non-hydrogen) atoms. The summed E-state index contributed by atoms with van der Waals surface area (Å²) < 4.78 is 5.75. The third-order valence-corrected chi connectivity index (χ3v) is 3.66. The van der Waals surface area contributed by atoms with Crippen molar-refractivity contribution >= 4 is 17.4 Å². The molecular weight excluding hydrogens is 250 g/mol. The number of para-hydroxylation sites is 1. The van der Waals surface area contributed by atoms with Crippen LogP contribution in [0.2, 0.25) is 0 Å². The largest absolute Gasteiger partial charge is 0.473 e. The molecule has 1 aromatic carbocycles. The molecule has 0 N–H and O–H groups in total. The first-order chi connectivity index (χ1) is 8.75. The number of ether oxygens (including phenoxy) is 1. The van der Waals surface area contributed by atoms with Gasteiger partial charge in [0.1, 0.15) is 5.75 Å². The zero-order valence-electron chi connectivity index (χ0n) is 9.28. The predicted molar refractivity (Wildman–Crippen MR) is 69.1 cm³/mol. The molecule has 0 radical (unpaired) electrons. The Bertz CT molecular complexity index is 619. The van der Waals surface area contributed by atoms with Crippen LogP contribution in [0.3, 0.4) is 0 Å². The molecule has 1 unspecified atom stereocenters. The predicted octanol–water partition coefficient (Wildman–Crippen LogP) is 3.50. The van der Waals surface area contributed by atoms with Gasteiger partial charge in [-0.3, -0.25) is 10.1 Å². The summed E-state index contributed by atoms with van der Waals surface area (Å²) in [5.74, 6) is 0.682. The summed E-state index contributed by atoms with van der Waals surface area (Å²) in [6.45, 7) is 0. The van der Waals surface area contributed by atoms with Crippen molar-refractivity contribution in [3.63, 3.8) is 0 Å². The molecule has 0 aliphatic carbocycles. The number of benzene rings is 1. The molecule has 0 saturated heterocycles. The first-order valence-electron chi connectivity index (χ1n) is 5.41. The molecular formula is C13H9NO3S. The molecule has 2 aromatic rings. The van der Waals surface area contributed by atoms with Crippen LogP contribution in [-0.4, -0.2) is 4.92 Å². The molecule has 2 heterocycles. The van der Waals surface area contributed by atoms with Crippen molar-refractivity contribution in [2.45, 2.75) is 6.10 Å². The van der Waals surface area contributed by atoms with E-state index in [4.69, 9.17) is 4.74 Å². The van der Waals surface area contributed by atoms with Gasteiger partial charge in [0.15, 0.2) is 0 Å². The van der Waals surface area contributed by atoms with Gasteiger partial charge in [0.2, 0.25) is 6.10 Å². The Labute approximate surface area is 107 Å². The van der Waals surface area contributed by atoms with E-state index in [-0.39, 0.29) is 10.6 Å². The van der Waals surface area contributed by atoms with E-state index in [0.29, 0.717) is 5.75 Å². The summed E-state index contributed by atoms with van der Waals surface area (Å²) in [5, 5.41) is 13.0. The van der Waals surface area contributed by atoms with E-state index in [2.05, 4.69) is 0 Å². The lowest BCUT2D eigenvalue weighted by Crippen LogP contribution is -2.18. The first-order valence-corrected chi connectivity index (χ1v) is 6.29. The molecule has 0 bridgehead atoms. The van der Waals surface area contributed by atoms with Crippen molar-refractivity contribution in [2.24, 2.45) is 0 Å². The Morgan fingerprint density at radius 3 is 2.78 bits per heavy atom. The summed E-state index contributed by atoms with van der Waals surface area (Å²) in [6, 6.07) is 11.0. The maximum atomic E-state index is 11.1. The zero-order chi connectivity index (χ0) is 12.5. The third kappa shape index (κ3) is 1.78. The zero-order valence-corrected chi connectivity index (χ0v) is 10.1. The van der Waals surface area contributed by atoms with Crippen LogP contribution >= 0.6 is 11.3 Å². The number of hydrogen-bond donors (Lipinski definition) is 0. The van der Waals surface area contributed by atoms with Gasteiger partial charge in [-0.25, -0.2) is 0 Å². The highest BCUT2D eigenvalue weighted by molar-refractivity contribution is 7.10. The van der Waals surface area contributed by atoms with Gasteiger partial charge in [-0.15, -0.1) is 11.3 Å². The SMILES string of the molecule is O=[N+]([O-])C1=Cc2ccccc2OC1c1cccs1. The Kier molecular flexibility index (Phi) is 2.60. The Morgan fingerprint density at radius 1 is 1.22 bits per heavy atom. The lowest BCUT2D eigenvalue weighted by Gasteiger charge is -2.21. The summed E-state index contributed by atoms with van der Waals surface area (Å²) in [4.78, 5) is 11.6. The van der Waals surface area contributed by atoms with Gasteiger partial charge in [0, 0.05) is 11.6 Å². The highest BCUT2D eigenvalue weighted by Gasteiger charge is 2.33. The monoisotopic (exact) mass is 259 g/mol. The Morgan fingerprint density at radius 2 is 2.06 bits per heavy atom. The van der Waals surface area contributed by atoms with E-state index in [9.17, 15) is 10.1 Å². The van der Waals surface area contributed by atoms with Gasteiger partial charge in [-0.1, -0.05) is 24.3 Å². The van der Waals surface area contributed by atoms with E-state index in [1.165, 1.54) is 11.3 Å². The molecule has 0 spiro atoms. The van der Waals surface area contributed by atoms with E-state index < -0.39 is 6.10 Å². The fourth-order valence-electron chi connectivity index (χ4n) is 1.92. The third-order valence-electron chi connectivity index (χ3n) is 2.75. The van der Waals surface area contributed by atoms with Gasteiger partial charge in [-0.2, -0.15) is 0 Å². The molecule has 5 heteroatoms. The number of fused-ring (bicyclic) bond motifs is 1. The number of hydrogen-bond acceptors (Lipinski definition) is 4. The minimum absolute atomic E-state index is 0.0798. The van der Waals surface area contributed by atoms with E-state index in [0.717, 1.165) is 10.4 Å². The standard InChI is InChI=1S/C13H9NO3S/c15-14(16)10-8-9-4-1-2-5-11(9)17-13(10)12-6-3-7-18-12/h1-8,13H. The normalized spacial score (nSPS) is 17.6. The molecule has 4 nitrogen and oxygen atoms in total. The van der Waals surface area contributed by atoms with Crippen LogP contribution in [0.5, 0.6) is 5.75 Å². The van der Waals surface area contributed by atoms with Crippen molar-refractivity contribution in [1.29, 1.82) is 0 Å². The average molecular weight is 259 g/mol. The lowest BCUT2D eigenvalue weighted by atomic mass is 10.1. The maximum Gasteiger partial charge on any atom is 0.292 e. The van der Waals surface area contributed by atoms with Crippen LogP contribution in [0, 0.1) is 10.1 Å². The van der Waals surface area contributed by atoms with Crippen LogP contribution in [0.15, 0.2) is 47.5 Å². The lowest BCUT2D eigenvalue weighted by molar-refractivity contribution is -0.434. The molecule has 1 aliphatic heterocycles. The molecule has 0 fully saturated rings. The number of thiophene rings is 1. The molecule has 90 valence electrons. The summed E-state index contributed by atoms with van der Waals surface area (Å²) in [7, 11) is 0. The van der Waals surface area contributed by atoms with Gasteiger partial charge >= 0.3 is 0 Å². The fraction of sp³-hybridized carbons (Fsp3) is 0.0769. The topological polar surface area (TPSA) is 52.4 Å². The van der Waals surface area contributed by atoms with Crippen molar-refractivity contribution in [2.75, 3.05) is 0 Å². The van der Waals surface area contributed by atoms with Crippen molar-refractivity contribution in [1.82, 2.24) is 0 Å². The number of rotatable bonds is 2. The van der Waals surface area contributed by atoms with Gasteiger partial charge < -0.3 is 4.74 Å². The molecule has 1 aliphatic rings. The fourth-order valence-corrected chi connectivity index (χ4v) is 2.69. The minimum Gasteiger partial charge on any atom is -0.473 e. The second-order valence-corrected chi connectivity index (χ2v) is 4.86. The van der Waals surface area contributed by atoms with E-state index >= 15 is 0 Å². The van der Waals surface area contributed by atoms with Crippen molar-refractivity contribution in [3.8, 4) is 5.75 Å². The van der Waals surface area contributed by atoms with Crippen LogP contribution in [0.25, 0.3) is 6.08 Å². The Hall–Kier alpha value is -2.14. The summed E-state index contributed by atoms with van der Waals surface area (Å²) >= 11 is 1.45. The van der Waals surface area contributed by atoms with Gasteiger partial charge in [0.25, 0.3) is 5.70 Å². The summed E-state index contributed by atoms with van der Waals surface area (Å²) in [6.07, 6.45) is 0.971. The highest BCUT2D eigenvalue weighted by Crippen LogP contribution is 2.38. The van der Waals surface area contributed by atoms with Crippen molar-refractivity contribution < 1.29 is 9.66 Å². The number of nitro groups is 1. The molecule has 3 rings (SSSR count). The molecule has 1 atom stereocenters. The Balaban J connectivity index is 2.10. The van der Waals surface area contributed by atoms with Crippen molar-refractivity contribution in [3.05, 3.63) is 68.0 Å². The average Bonchev–Trinajstić information content (AvgIpc) is 2.91. The first kappa shape index (κ1) is 11.0. The second kappa shape index (κ2) is 4.27. The second-order valence-electron chi connectivity index (χ2n) is 3.88. The van der Waals surface area contributed by atoms with Crippen LogP contribution < -0.4 is 4.74 Å². The van der Waals surface area contributed by atoms with Gasteiger partial charge in [-0.05, 0) is 17.5 Å². The van der Waals surface area contributed by atoms with Crippen LogP contribution in [0.4, 0.5) is 0 Å². The van der Waals surface area contributed by atoms with E-state index in [1.54, 1.807) is 6.08 Å².